The molecule has 3 amide bonds. The van der Waals surface area contributed by atoms with Gasteiger partial charge in [0.25, 0.3) is 0 Å². The van der Waals surface area contributed by atoms with Crippen molar-refractivity contribution in [2.45, 2.75) is 104 Å². The first-order valence-corrected chi connectivity index (χ1v) is 15.0. The lowest BCUT2D eigenvalue weighted by molar-refractivity contribution is -0.130. The second-order valence-corrected chi connectivity index (χ2v) is 10.9. The number of unbranched alkanes of at least 4 members (excludes halogenated alkanes) is 6. The molecule has 0 aliphatic carbocycles. The fourth-order valence-corrected chi connectivity index (χ4v) is 4.51. The minimum Gasteiger partial charge on any atom is -0.497 e. The molecule has 0 radical (unpaired) electrons. The molecule has 2 aromatic carbocycles. The molecule has 0 aliphatic heterocycles. The molecule has 2 aromatic rings. The van der Waals surface area contributed by atoms with Gasteiger partial charge in [-0.25, -0.2) is 4.79 Å². The van der Waals surface area contributed by atoms with Crippen LogP contribution in [0.3, 0.4) is 0 Å². The van der Waals surface area contributed by atoms with Crippen LogP contribution in [-0.2, 0) is 27.5 Å². The molecule has 3 N–H and O–H groups in total. The third-order valence-electron chi connectivity index (χ3n) is 6.88. The lowest BCUT2D eigenvalue weighted by atomic mass is 10.0. The van der Waals surface area contributed by atoms with E-state index in [1.807, 2.05) is 68.4 Å². The van der Waals surface area contributed by atoms with Crippen molar-refractivity contribution >= 4 is 17.9 Å². The maximum absolute atomic E-state index is 13.4. The van der Waals surface area contributed by atoms with E-state index in [4.69, 9.17) is 9.47 Å². The maximum Gasteiger partial charge on any atom is 0.408 e. The van der Waals surface area contributed by atoms with Crippen molar-refractivity contribution in [1.29, 1.82) is 0 Å². The van der Waals surface area contributed by atoms with E-state index in [1.165, 1.54) is 25.7 Å². The van der Waals surface area contributed by atoms with Crippen LogP contribution in [0.15, 0.2) is 54.6 Å². The summed E-state index contributed by atoms with van der Waals surface area (Å²) < 4.78 is 10.6. The Balaban J connectivity index is 2.00. The van der Waals surface area contributed by atoms with Gasteiger partial charge < -0.3 is 25.4 Å². The van der Waals surface area contributed by atoms with E-state index >= 15 is 0 Å². The lowest BCUT2D eigenvalue weighted by Gasteiger charge is -2.24. The summed E-state index contributed by atoms with van der Waals surface area (Å²) in [6, 6.07) is 15.3. The molecule has 8 nitrogen and oxygen atoms in total. The Morgan fingerprint density at radius 2 is 1.41 bits per heavy atom. The molecule has 2 rings (SSSR count). The van der Waals surface area contributed by atoms with Crippen LogP contribution in [0.5, 0.6) is 5.75 Å². The molecule has 0 aliphatic rings. The summed E-state index contributed by atoms with van der Waals surface area (Å²) in [5.41, 5.74) is 1.79. The molecule has 226 valence electrons. The number of benzene rings is 2. The van der Waals surface area contributed by atoms with E-state index in [0.29, 0.717) is 19.4 Å². The molecule has 41 heavy (non-hydrogen) atoms. The highest BCUT2D eigenvalue weighted by molar-refractivity contribution is 5.91. The summed E-state index contributed by atoms with van der Waals surface area (Å²) in [7, 11) is 1.61. The zero-order valence-corrected chi connectivity index (χ0v) is 25.2. The Hall–Kier alpha value is -3.55. The highest BCUT2D eigenvalue weighted by atomic mass is 16.5. The van der Waals surface area contributed by atoms with Crippen LogP contribution in [0.1, 0.15) is 89.7 Å². The molecule has 0 bridgehead atoms. The highest BCUT2D eigenvalue weighted by Crippen LogP contribution is 2.13. The van der Waals surface area contributed by atoms with E-state index in [0.717, 1.165) is 36.1 Å². The number of amides is 3. The van der Waals surface area contributed by atoms with Crippen LogP contribution >= 0.6 is 0 Å². The first-order valence-electron chi connectivity index (χ1n) is 15.0. The highest BCUT2D eigenvalue weighted by Gasteiger charge is 2.27. The largest absolute Gasteiger partial charge is 0.497 e. The van der Waals surface area contributed by atoms with Gasteiger partial charge in [-0.15, -0.1) is 0 Å². The van der Waals surface area contributed by atoms with Gasteiger partial charge in [-0.2, -0.15) is 0 Å². The first kappa shape index (κ1) is 33.7. The van der Waals surface area contributed by atoms with E-state index < -0.39 is 18.2 Å². The predicted molar refractivity (Wildman–Crippen MR) is 162 cm³/mol. The van der Waals surface area contributed by atoms with Crippen LogP contribution in [0.4, 0.5) is 4.79 Å². The van der Waals surface area contributed by atoms with Crippen LogP contribution < -0.4 is 20.7 Å². The molecule has 1 unspecified atom stereocenters. The second kappa shape index (κ2) is 19.5. The third-order valence-corrected chi connectivity index (χ3v) is 6.88. The summed E-state index contributed by atoms with van der Waals surface area (Å²) in [4.78, 5) is 39.2. The number of methoxy groups -OCH3 is 1. The standard InChI is InChI=1S/C33H49N3O5/c1-5-6-7-8-9-10-14-17-29(31(37)34-23-26-18-20-28(40-4)21-19-26)35-32(38)30(22-25(2)3)36-33(39)41-24-27-15-12-11-13-16-27/h11-13,15-16,18-21,25,29-30H,5-10,14,17,22-24H2,1-4H3,(H,34,37)(H,35,38)(H,36,39)/t29?,30-/m0/s1. The number of rotatable bonds is 19. The molecule has 2 atom stereocenters. The number of alkyl carbamates (subject to hydrolysis) is 1. The van der Waals surface area contributed by atoms with Crippen molar-refractivity contribution in [2.75, 3.05) is 7.11 Å². The van der Waals surface area contributed by atoms with Crippen molar-refractivity contribution in [3.05, 3.63) is 65.7 Å². The number of hydrogen-bond donors (Lipinski definition) is 3. The predicted octanol–water partition coefficient (Wildman–Crippen LogP) is 6.28. The van der Waals surface area contributed by atoms with Crippen molar-refractivity contribution in [2.24, 2.45) is 5.92 Å². The van der Waals surface area contributed by atoms with E-state index in [9.17, 15) is 14.4 Å². The smallest absolute Gasteiger partial charge is 0.408 e. The average molecular weight is 568 g/mol. The molecule has 0 heterocycles. The van der Waals surface area contributed by atoms with Crippen LogP contribution in [0.25, 0.3) is 0 Å². The molecular weight excluding hydrogens is 518 g/mol. The SMILES string of the molecule is CCCCCCCCCC(NC(=O)[C@H](CC(C)C)NC(=O)OCc1ccccc1)C(=O)NCc1ccc(OC)cc1. The summed E-state index contributed by atoms with van der Waals surface area (Å²) >= 11 is 0. The Kier molecular flexibility index (Phi) is 16.0. The Morgan fingerprint density at radius 1 is 0.756 bits per heavy atom. The molecular formula is C33H49N3O5. The number of carbonyl (C=O) groups is 3. The van der Waals surface area contributed by atoms with E-state index in [1.54, 1.807) is 7.11 Å². The van der Waals surface area contributed by atoms with Gasteiger partial charge in [0, 0.05) is 6.54 Å². The fraction of sp³-hybridized carbons (Fsp3) is 0.545. The molecule has 0 saturated heterocycles. The topological polar surface area (TPSA) is 106 Å². The van der Waals surface area contributed by atoms with E-state index in [2.05, 4.69) is 22.9 Å². The summed E-state index contributed by atoms with van der Waals surface area (Å²) in [6.07, 6.45) is 8.07. The Morgan fingerprint density at radius 3 is 2.05 bits per heavy atom. The van der Waals surface area contributed by atoms with Crippen LogP contribution in [-0.4, -0.2) is 37.1 Å². The fourth-order valence-electron chi connectivity index (χ4n) is 4.51. The van der Waals surface area contributed by atoms with Gasteiger partial charge in [-0.05, 0) is 42.0 Å². The second-order valence-electron chi connectivity index (χ2n) is 10.9. The molecule has 0 spiro atoms. The Labute approximate surface area is 246 Å². The third kappa shape index (κ3) is 14.1. The van der Waals surface area contributed by atoms with Gasteiger partial charge in [-0.3, -0.25) is 9.59 Å². The lowest BCUT2D eigenvalue weighted by Crippen LogP contribution is -2.54. The average Bonchev–Trinajstić information content (AvgIpc) is 2.97. The monoisotopic (exact) mass is 567 g/mol. The summed E-state index contributed by atoms with van der Waals surface area (Å²) in [5, 5.41) is 8.60. The van der Waals surface area contributed by atoms with Gasteiger partial charge in [0.1, 0.15) is 24.4 Å². The maximum atomic E-state index is 13.4. The molecule has 8 heteroatoms. The molecule has 0 saturated carbocycles. The number of carbonyl (C=O) groups excluding carboxylic acids is 3. The van der Waals surface area contributed by atoms with Gasteiger partial charge in [0.2, 0.25) is 11.8 Å². The minimum atomic E-state index is -0.816. The Bertz CT molecular complexity index is 1030. The van der Waals surface area contributed by atoms with Crippen LogP contribution in [0, 0.1) is 5.92 Å². The van der Waals surface area contributed by atoms with Gasteiger partial charge in [0.05, 0.1) is 7.11 Å². The number of ether oxygens (including phenoxy) is 2. The molecule has 0 fully saturated rings. The van der Waals surface area contributed by atoms with E-state index in [-0.39, 0.29) is 24.3 Å². The van der Waals surface area contributed by atoms with Crippen molar-refractivity contribution < 1.29 is 23.9 Å². The van der Waals surface area contributed by atoms with Crippen molar-refractivity contribution in [3.63, 3.8) is 0 Å². The van der Waals surface area contributed by atoms with Gasteiger partial charge in [0.15, 0.2) is 0 Å². The van der Waals surface area contributed by atoms with Crippen molar-refractivity contribution in [1.82, 2.24) is 16.0 Å². The normalized spacial score (nSPS) is 12.3. The first-order chi connectivity index (χ1) is 19.8. The van der Waals surface area contributed by atoms with Crippen molar-refractivity contribution in [3.8, 4) is 5.75 Å². The quantitative estimate of drug-likeness (QED) is 0.173. The summed E-state index contributed by atoms with van der Waals surface area (Å²) in [5.74, 6) is 0.263. The number of hydrogen-bond acceptors (Lipinski definition) is 5. The molecule has 0 aromatic heterocycles. The zero-order chi connectivity index (χ0) is 29.9. The van der Waals surface area contributed by atoms with Gasteiger partial charge >= 0.3 is 6.09 Å². The van der Waals surface area contributed by atoms with Gasteiger partial charge in [-0.1, -0.05) is 108 Å². The minimum absolute atomic E-state index is 0.108. The van der Waals surface area contributed by atoms with Crippen LogP contribution in [0.2, 0.25) is 0 Å². The zero-order valence-electron chi connectivity index (χ0n) is 25.2. The number of nitrogens with one attached hydrogen (secondary N) is 3. The summed E-state index contributed by atoms with van der Waals surface area (Å²) in [6.45, 7) is 6.61.